The number of esters is 1. The number of allylic oxidation sites excluding steroid dienone is 2. The molecule has 0 amide bonds. The van der Waals surface area contributed by atoms with Crippen molar-refractivity contribution < 1.29 is 36.2 Å². The minimum atomic E-state index is -4.65. The molecule has 0 aliphatic heterocycles. The van der Waals surface area contributed by atoms with Gasteiger partial charge in [-0.2, -0.15) is 13.2 Å². The number of aliphatic imine (C=N–C) groups is 1. The Morgan fingerprint density at radius 2 is 1.92 bits per heavy atom. The number of hydrogen-bond acceptors (Lipinski definition) is 7. The third kappa shape index (κ3) is 7.75. The molecule has 0 radical (unpaired) electrons. The average molecular weight is 546 g/mol. The quantitative estimate of drug-likeness (QED) is 0.289. The van der Waals surface area contributed by atoms with Gasteiger partial charge in [-0.1, -0.05) is 19.1 Å². The van der Waals surface area contributed by atoms with Gasteiger partial charge >= 0.3 is 12.1 Å². The Balaban J connectivity index is 2.57. The van der Waals surface area contributed by atoms with Gasteiger partial charge in [0.25, 0.3) is 0 Å². The third-order valence-corrected chi connectivity index (χ3v) is 7.93. The molecule has 1 atom stereocenters. The zero-order chi connectivity index (χ0) is 27.1. The summed E-state index contributed by atoms with van der Waals surface area (Å²) in [6.07, 6.45) is -1.74. The van der Waals surface area contributed by atoms with Gasteiger partial charge in [-0.3, -0.25) is 9.79 Å². The van der Waals surface area contributed by atoms with Crippen molar-refractivity contribution in [1.29, 1.82) is 0 Å². The van der Waals surface area contributed by atoms with E-state index in [0.717, 1.165) is 19.4 Å². The van der Waals surface area contributed by atoms with Gasteiger partial charge in [0.2, 0.25) is 0 Å². The van der Waals surface area contributed by atoms with E-state index in [0.29, 0.717) is 33.7 Å². The molecule has 2 rings (SSSR count). The van der Waals surface area contributed by atoms with Crippen molar-refractivity contribution in [3.63, 3.8) is 0 Å². The third-order valence-electron chi connectivity index (χ3n) is 5.57. The first-order valence-corrected chi connectivity index (χ1v) is 14.0. The number of ether oxygens (including phenoxy) is 1. The lowest BCUT2D eigenvalue weighted by Crippen LogP contribution is -2.22. The van der Waals surface area contributed by atoms with Crippen molar-refractivity contribution >= 4 is 38.4 Å². The smallest absolute Gasteiger partial charge is 0.432 e. The van der Waals surface area contributed by atoms with Crippen molar-refractivity contribution in [1.82, 2.24) is 0 Å². The number of carbonyl (C=O) groups excluding carboxylic acids is 1. The number of carbonyl (C=O) groups is 1. The number of aliphatic hydroxyl groups is 1. The molecule has 0 aliphatic carbocycles. The van der Waals surface area contributed by atoms with Crippen LogP contribution in [0.5, 0.6) is 0 Å². The molecule has 2 aromatic rings. The number of thiophene rings is 1. The maximum absolute atomic E-state index is 13.6. The van der Waals surface area contributed by atoms with Crippen LogP contribution < -0.4 is 0 Å². The number of halogens is 3. The van der Waals surface area contributed by atoms with Gasteiger partial charge < -0.3 is 9.84 Å². The van der Waals surface area contributed by atoms with Gasteiger partial charge in [0.05, 0.1) is 18.1 Å². The Labute approximate surface area is 213 Å². The van der Waals surface area contributed by atoms with E-state index in [-0.39, 0.29) is 29.4 Å². The van der Waals surface area contributed by atoms with Crippen molar-refractivity contribution in [3.05, 3.63) is 46.8 Å². The zero-order valence-corrected chi connectivity index (χ0v) is 22.2. The number of rotatable bonds is 11. The SMILES string of the molecule is CCOC(=O)CCC(CC)/C(=C\C(=NC)C(F)(F)F)c1ccc(-c2ccc(CO)c(S(C)(=O)=O)c2)s1. The largest absolute Gasteiger partial charge is 0.466 e. The lowest BCUT2D eigenvalue weighted by Gasteiger charge is -2.19. The molecule has 1 aromatic heterocycles. The van der Waals surface area contributed by atoms with E-state index in [9.17, 15) is 31.5 Å². The summed E-state index contributed by atoms with van der Waals surface area (Å²) in [7, 11) is -2.54. The lowest BCUT2D eigenvalue weighted by atomic mass is 9.89. The second-order valence-electron chi connectivity index (χ2n) is 8.07. The second-order valence-corrected chi connectivity index (χ2v) is 11.1. The molecule has 1 aromatic carbocycles. The molecule has 36 heavy (non-hydrogen) atoms. The van der Waals surface area contributed by atoms with Gasteiger partial charge in [-0.25, -0.2) is 8.42 Å². The molecule has 0 bridgehead atoms. The highest BCUT2D eigenvalue weighted by Crippen LogP contribution is 2.39. The molecule has 6 nitrogen and oxygen atoms in total. The number of alkyl halides is 3. The van der Waals surface area contributed by atoms with Crippen molar-refractivity contribution in [2.24, 2.45) is 10.9 Å². The molecule has 0 saturated carbocycles. The van der Waals surface area contributed by atoms with Gasteiger partial charge in [0.1, 0.15) is 5.71 Å². The highest BCUT2D eigenvalue weighted by atomic mass is 32.2. The fourth-order valence-corrected chi connectivity index (χ4v) is 5.79. The van der Waals surface area contributed by atoms with Crippen molar-refractivity contribution in [3.8, 4) is 10.4 Å². The summed E-state index contributed by atoms with van der Waals surface area (Å²) in [4.78, 5) is 16.5. The molecule has 11 heteroatoms. The van der Waals surface area contributed by atoms with Gasteiger partial charge in [0.15, 0.2) is 9.84 Å². The molecule has 0 saturated heterocycles. The van der Waals surface area contributed by atoms with Gasteiger partial charge in [0, 0.05) is 29.5 Å². The Hall–Kier alpha value is -2.50. The van der Waals surface area contributed by atoms with E-state index < -0.39 is 34.3 Å². The number of sulfone groups is 1. The number of aliphatic hydroxyl groups excluding tert-OH is 1. The van der Waals surface area contributed by atoms with Crippen LogP contribution in [0.15, 0.2) is 46.3 Å². The monoisotopic (exact) mass is 545 g/mol. The molecular formula is C25H30F3NO5S2. The molecule has 1 unspecified atom stereocenters. The topological polar surface area (TPSA) is 93.0 Å². The predicted molar refractivity (Wildman–Crippen MR) is 136 cm³/mol. The van der Waals surface area contributed by atoms with E-state index in [1.807, 2.05) is 6.92 Å². The standard InChI is InChI=1S/C25H30F3NO5S2/c1-5-16(9-12-24(31)34-6-2)19(14-23(29-3)25(26,27)28)21-11-10-20(35-21)17-7-8-18(15-30)22(13-17)36(4,32)33/h7-8,10-11,13-14,16,30H,5-6,9,12,15H2,1-4H3/b19-14+,29-23?. The van der Waals surface area contributed by atoms with Crippen LogP contribution in [-0.2, 0) is 26.0 Å². The minimum absolute atomic E-state index is 0.00781. The van der Waals surface area contributed by atoms with E-state index >= 15 is 0 Å². The maximum atomic E-state index is 13.6. The molecule has 0 aliphatic rings. The Morgan fingerprint density at radius 3 is 2.44 bits per heavy atom. The molecule has 0 fully saturated rings. The summed E-state index contributed by atoms with van der Waals surface area (Å²) in [5, 5.41) is 9.50. The van der Waals surface area contributed by atoms with Crippen LogP contribution in [0.2, 0.25) is 0 Å². The van der Waals surface area contributed by atoms with E-state index in [4.69, 9.17) is 4.74 Å². The fraction of sp³-hybridized carbons (Fsp3) is 0.440. The Bertz CT molecular complexity index is 1230. The van der Waals surface area contributed by atoms with Crippen LogP contribution in [0.1, 0.15) is 43.6 Å². The summed E-state index contributed by atoms with van der Waals surface area (Å²) >= 11 is 1.21. The van der Waals surface area contributed by atoms with Gasteiger partial charge in [-0.15, -0.1) is 11.3 Å². The first kappa shape index (κ1) is 29.7. The first-order chi connectivity index (χ1) is 16.8. The van der Waals surface area contributed by atoms with Crippen molar-refractivity contribution in [2.75, 3.05) is 19.9 Å². The summed E-state index contributed by atoms with van der Waals surface area (Å²) in [5.41, 5.74) is 0.181. The van der Waals surface area contributed by atoms with Crippen LogP contribution in [-0.4, -0.2) is 51.3 Å². The summed E-state index contributed by atoms with van der Waals surface area (Å²) in [5.74, 6) is -0.789. The average Bonchev–Trinajstić information content (AvgIpc) is 3.29. The molecule has 1 N–H and O–H groups in total. The first-order valence-electron chi connectivity index (χ1n) is 11.3. The van der Waals surface area contributed by atoms with Crippen LogP contribution >= 0.6 is 11.3 Å². The molecule has 198 valence electrons. The predicted octanol–water partition coefficient (Wildman–Crippen LogP) is 5.70. The number of nitrogens with zero attached hydrogens (tertiary/aromatic N) is 1. The zero-order valence-electron chi connectivity index (χ0n) is 20.6. The normalized spacial score (nSPS) is 14.1. The summed E-state index contributed by atoms with van der Waals surface area (Å²) in [6, 6.07) is 8.02. The van der Waals surface area contributed by atoms with E-state index in [2.05, 4.69) is 4.99 Å². The Morgan fingerprint density at radius 1 is 1.22 bits per heavy atom. The second kappa shape index (κ2) is 12.6. The molecule has 0 spiro atoms. The highest BCUT2D eigenvalue weighted by molar-refractivity contribution is 7.90. The maximum Gasteiger partial charge on any atom is 0.432 e. The van der Waals surface area contributed by atoms with Crippen LogP contribution in [0.3, 0.4) is 0 Å². The van der Waals surface area contributed by atoms with Gasteiger partial charge in [-0.05, 0) is 66.7 Å². The van der Waals surface area contributed by atoms with Crippen LogP contribution in [0.4, 0.5) is 13.2 Å². The number of benzene rings is 1. The summed E-state index contributed by atoms with van der Waals surface area (Å²) < 4.78 is 70.0. The van der Waals surface area contributed by atoms with Crippen LogP contribution in [0.25, 0.3) is 16.0 Å². The summed E-state index contributed by atoms with van der Waals surface area (Å²) in [6.45, 7) is 3.29. The van der Waals surface area contributed by atoms with E-state index in [1.54, 1.807) is 25.1 Å². The van der Waals surface area contributed by atoms with E-state index in [1.165, 1.54) is 23.5 Å². The lowest BCUT2D eigenvalue weighted by molar-refractivity contribution is -0.143. The fourth-order valence-electron chi connectivity index (χ4n) is 3.75. The molecule has 1 heterocycles. The molecular weight excluding hydrogens is 515 g/mol. The minimum Gasteiger partial charge on any atom is -0.466 e. The van der Waals surface area contributed by atoms with Crippen molar-refractivity contribution in [2.45, 2.75) is 50.8 Å². The van der Waals surface area contributed by atoms with Crippen LogP contribution in [0, 0.1) is 5.92 Å². The number of hydrogen-bond donors (Lipinski definition) is 1. The Kier molecular flexibility index (Phi) is 10.4. The highest BCUT2D eigenvalue weighted by Gasteiger charge is 2.34.